The summed E-state index contributed by atoms with van der Waals surface area (Å²) in [4.78, 5) is 14.1. The Labute approximate surface area is 165 Å². The molecule has 146 valence electrons. The second-order valence-corrected chi connectivity index (χ2v) is 7.11. The van der Waals surface area contributed by atoms with Gasteiger partial charge in [0, 0.05) is 44.3 Å². The van der Waals surface area contributed by atoms with E-state index in [2.05, 4.69) is 21.8 Å². The summed E-state index contributed by atoms with van der Waals surface area (Å²) in [6, 6.07) is 10.0. The van der Waals surface area contributed by atoms with Crippen molar-refractivity contribution in [1.29, 1.82) is 0 Å². The van der Waals surface area contributed by atoms with E-state index >= 15 is 0 Å². The van der Waals surface area contributed by atoms with E-state index in [9.17, 15) is 4.79 Å². The van der Waals surface area contributed by atoms with Crippen LogP contribution in [0.3, 0.4) is 0 Å². The fraction of sp³-hybridized carbons (Fsp3) is 0.526. The fourth-order valence-electron chi connectivity index (χ4n) is 3.27. The van der Waals surface area contributed by atoms with Crippen molar-refractivity contribution in [1.82, 2.24) is 25.2 Å². The van der Waals surface area contributed by atoms with Gasteiger partial charge in [0.05, 0.1) is 5.69 Å². The van der Waals surface area contributed by atoms with Crippen LogP contribution in [0, 0.1) is 0 Å². The Bertz CT molecular complexity index is 735. The van der Waals surface area contributed by atoms with Crippen LogP contribution >= 0.6 is 12.4 Å². The molecule has 1 aromatic carbocycles. The zero-order chi connectivity index (χ0) is 17.8. The molecule has 0 spiro atoms. The van der Waals surface area contributed by atoms with Crippen molar-refractivity contribution in [3.63, 3.8) is 0 Å². The predicted molar refractivity (Wildman–Crippen MR) is 104 cm³/mol. The van der Waals surface area contributed by atoms with Crippen molar-refractivity contribution >= 4 is 18.5 Å². The maximum absolute atomic E-state index is 12.3. The maximum atomic E-state index is 12.3. The highest BCUT2D eigenvalue weighted by Gasteiger charge is 2.27. The largest absolute Gasteiger partial charge is 0.445 e. The third-order valence-corrected chi connectivity index (χ3v) is 4.98. The lowest BCUT2D eigenvalue weighted by atomic mass is 10.1. The van der Waals surface area contributed by atoms with Crippen molar-refractivity contribution in [2.75, 3.05) is 19.6 Å². The van der Waals surface area contributed by atoms with E-state index in [4.69, 9.17) is 4.74 Å². The molecule has 4 rings (SSSR count). The number of piperazine rings is 1. The van der Waals surface area contributed by atoms with E-state index in [0.29, 0.717) is 25.6 Å². The van der Waals surface area contributed by atoms with Crippen LogP contribution in [0.2, 0.25) is 0 Å². The molecular weight excluding hydrogens is 366 g/mol. The minimum absolute atomic E-state index is 0. The molecule has 1 saturated carbocycles. The number of amides is 1. The second-order valence-electron chi connectivity index (χ2n) is 7.11. The van der Waals surface area contributed by atoms with Gasteiger partial charge in [0.2, 0.25) is 0 Å². The van der Waals surface area contributed by atoms with Gasteiger partial charge in [-0.3, -0.25) is 4.68 Å². The molecule has 8 heteroatoms. The molecule has 1 aromatic heterocycles. The Hall–Kier alpha value is -2.12. The number of rotatable bonds is 6. The number of ether oxygens (including phenoxy) is 1. The van der Waals surface area contributed by atoms with Crippen LogP contribution in [-0.2, 0) is 17.9 Å². The first-order valence-corrected chi connectivity index (χ1v) is 9.37. The predicted octanol–water partition coefficient (Wildman–Crippen LogP) is 2.58. The molecular formula is C19H26ClN5O2. The van der Waals surface area contributed by atoms with Crippen LogP contribution in [0.5, 0.6) is 0 Å². The Balaban J connectivity index is 0.00000210. The van der Waals surface area contributed by atoms with E-state index in [0.717, 1.165) is 30.8 Å². The highest BCUT2D eigenvalue weighted by molar-refractivity contribution is 5.85. The average molecular weight is 392 g/mol. The lowest BCUT2D eigenvalue weighted by molar-refractivity contribution is 0.0837. The number of benzene rings is 1. The van der Waals surface area contributed by atoms with E-state index in [1.54, 1.807) is 4.90 Å². The van der Waals surface area contributed by atoms with Crippen molar-refractivity contribution in [2.45, 2.75) is 44.4 Å². The molecule has 7 nitrogen and oxygen atoms in total. The molecule has 1 aliphatic carbocycles. The summed E-state index contributed by atoms with van der Waals surface area (Å²) in [6.07, 6.45) is 5.21. The van der Waals surface area contributed by atoms with Gasteiger partial charge in [0.1, 0.15) is 6.61 Å². The molecule has 2 aliphatic rings. The van der Waals surface area contributed by atoms with Gasteiger partial charge in [-0.2, -0.15) is 0 Å². The summed E-state index contributed by atoms with van der Waals surface area (Å²) in [5.41, 5.74) is 2.12. The van der Waals surface area contributed by atoms with Gasteiger partial charge < -0.3 is 15.0 Å². The fourth-order valence-corrected chi connectivity index (χ4v) is 3.27. The Morgan fingerprint density at radius 1 is 1.26 bits per heavy atom. The van der Waals surface area contributed by atoms with Gasteiger partial charge in [-0.05, 0) is 24.8 Å². The SMILES string of the molecule is Cl.O=C(OCc1ccccc1)N1CCN[C@H](CCn2cc(C3CC3)nn2)C1. The van der Waals surface area contributed by atoms with Gasteiger partial charge in [-0.25, -0.2) is 4.79 Å². The van der Waals surface area contributed by atoms with Gasteiger partial charge >= 0.3 is 6.09 Å². The molecule has 0 radical (unpaired) electrons. The van der Waals surface area contributed by atoms with Gasteiger partial charge in [0.15, 0.2) is 0 Å². The molecule has 1 aliphatic heterocycles. The van der Waals surface area contributed by atoms with Crippen LogP contribution in [-0.4, -0.2) is 51.7 Å². The topological polar surface area (TPSA) is 72.3 Å². The molecule has 1 saturated heterocycles. The summed E-state index contributed by atoms with van der Waals surface area (Å²) < 4.78 is 7.37. The zero-order valence-electron chi connectivity index (χ0n) is 15.3. The minimum Gasteiger partial charge on any atom is -0.445 e. The van der Waals surface area contributed by atoms with Crippen LogP contribution in [0.25, 0.3) is 0 Å². The van der Waals surface area contributed by atoms with Gasteiger partial charge in [-0.1, -0.05) is 35.5 Å². The lowest BCUT2D eigenvalue weighted by Crippen LogP contribution is -2.52. The first kappa shape index (κ1) is 19.6. The van der Waals surface area contributed by atoms with Crippen LogP contribution < -0.4 is 5.32 Å². The average Bonchev–Trinajstić information content (AvgIpc) is 3.44. The summed E-state index contributed by atoms with van der Waals surface area (Å²) >= 11 is 0. The van der Waals surface area contributed by atoms with E-state index in [1.807, 2.05) is 35.0 Å². The quantitative estimate of drug-likeness (QED) is 0.819. The molecule has 1 atom stereocenters. The van der Waals surface area contributed by atoms with E-state index in [1.165, 1.54) is 12.8 Å². The number of nitrogens with zero attached hydrogens (tertiary/aromatic N) is 4. The van der Waals surface area contributed by atoms with Crippen molar-refractivity contribution in [3.8, 4) is 0 Å². The summed E-state index contributed by atoms with van der Waals surface area (Å²) in [7, 11) is 0. The molecule has 1 N–H and O–H groups in total. The molecule has 2 fully saturated rings. The summed E-state index contributed by atoms with van der Waals surface area (Å²) in [5, 5.41) is 11.9. The maximum Gasteiger partial charge on any atom is 0.410 e. The monoisotopic (exact) mass is 391 g/mol. The minimum atomic E-state index is -0.239. The summed E-state index contributed by atoms with van der Waals surface area (Å²) in [5.74, 6) is 0.631. The number of aryl methyl sites for hydroxylation is 1. The highest BCUT2D eigenvalue weighted by Crippen LogP contribution is 2.38. The molecule has 0 bridgehead atoms. The molecule has 0 unspecified atom stereocenters. The van der Waals surface area contributed by atoms with E-state index in [-0.39, 0.29) is 24.5 Å². The van der Waals surface area contributed by atoms with E-state index < -0.39 is 0 Å². The first-order chi connectivity index (χ1) is 12.8. The van der Waals surface area contributed by atoms with Gasteiger partial charge in [-0.15, -0.1) is 17.5 Å². The van der Waals surface area contributed by atoms with Crippen molar-refractivity contribution in [2.24, 2.45) is 0 Å². The van der Waals surface area contributed by atoms with Crippen LogP contribution in [0.4, 0.5) is 4.79 Å². The third-order valence-electron chi connectivity index (χ3n) is 4.98. The van der Waals surface area contributed by atoms with Crippen molar-refractivity contribution < 1.29 is 9.53 Å². The lowest BCUT2D eigenvalue weighted by Gasteiger charge is -2.33. The third kappa shape index (κ3) is 5.43. The number of hydrogen-bond donors (Lipinski definition) is 1. The van der Waals surface area contributed by atoms with Crippen molar-refractivity contribution in [3.05, 3.63) is 47.8 Å². The highest BCUT2D eigenvalue weighted by atomic mass is 35.5. The number of carbonyl (C=O) groups excluding carboxylic acids is 1. The molecule has 2 heterocycles. The first-order valence-electron chi connectivity index (χ1n) is 9.37. The number of nitrogens with one attached hydrogen (secondary N) is 1. The smallest absolute Gasteiger partial charge is 0.410 e. The molecule has 1 amide bonds. The molecule has 27 heavy (non-hydrogen) atoms. The van der Waals surface area contributed by atoms with Crippen LogP contribution in [0.1, 0.15) is 36.4 Å². The van der Waals surface area contributed by atoms with Crippen LogP contribution in [0.15, 0.2) is 36.5 Å². The number of halogens is 1. The molecule has 2 aromatic rings. The standard InChI is InChI=1S/C19H25N5O2.ClH/c25-19(26-14-15-4-2-1-3-5-15)23-11-9-20-17(12-23)8-10-24-13-18(21-22-24)16-6-7-16;/h1-5,13,16-17,20H,6-12,14H2;1H/t17-;/m1./s1. The summed E-state index contributed by atoms with van der Waals surface area (Å²) in [6.45, 7) is 3.26. The number of hydrogen-bond acceptors (Lipinski definition) is 5. The number of carbonyl (C=O) groups is 1. The second kappa shape index (κ2) is 9.19. The Morgan fingerprint density at radius 3 is 2.85 bits per heavy atom. The zero-order valence-corrected chi connectivity index (χ0v) is 16.1. The number of aromatic nitrogens is 3. The van der Waals surface area contributed by atoms with Gasteiger partial charge in [0.25, 0.3) is 0 Å². The Kier molecular flexibility index (Phi) is 6.68. The normalized spacial score (nSPS) is 19.4. The Morgan fingerprint density at radius 2 is 2.07 bits per heavy atom.